The van der Waals surface area contributed by atoms with Crippen molar-refractivity contribution in [2.45, 2.75) is 12.5 Å². The van der Waals surface area contributed by atoms with Crippen LogP contribution < -0.4 is 14.8 Å². The molecule has 1 atom stereocenters. The van der Waals surface area contributed by atoms with Gasteiger partial charge in [0, 0.05) is 12.7 Å². The third-order valence-corrected chi connectivity index (χ3v) is 4.90. The molecule has 3 aromatic rings. The van der Waals surface area contributed by atoms with Gasteiger partial charge in [0.25, 0.3) is 0 Å². The van der Waals surface area contributed by atoms with Crippen LogP contribution >= 0.6 is 0 Å². The number of anilines is 1. The van der Waals surface area contributed by atoms with Crippen molar-refractivity contribution < 1.29 is 14.3 Å². The summed E-state index contributed by atoms with van der Waals surface area (Å²) in [6.45, 7) is 0. The quantitative estimate of drug-likeness (QED) is 0.607. The lowest BCUT2D eigenvalue weighted by molar-refractivity contribution is 0.204. The summed E-state index contributed by atoms with van der Waals surface area (Å²) < 4.78 is 10.4. The van der Waals surface area contributed by atoms with Crippen LogP contribution in [0.15, 0.2) is 78.9 Å². The van der Waals surface area contributed by atoms with Gasteiger partial charge in [-0.15, -0.1) is 0 Å². The molecule has 0 aliphatic carbocycles. The summed E-state index contributed by atoms with van der Waals surface area (Å²) in [5, 5.41) is 2.96. The van der Waals surface area contributed by atoms with Crippen molar-refractivity contribution in [2.24, 2.45) is 0 Å². The zero-order chi connectivity index (χ0) is 20.6. The van der Waals surface area contributed by atoms with Crippen molar-refractivity contribution in [1.29, 1.82) is 0 Å². The molecule has 29 heavy (non-hydrogen) atoms. The summed E-state index contributed by atoms with van der Waals surface area (Å²) in [6.07, 6.45) is 0.708. The second-order valence-electron chi connectivity index (χ2n) is 6.75. The number of carbonyl (C=O) groups excluding carboxylic acids is 1. The minimum atomic E-state index is -0.174. The predicted molar refractivity (Wildman–Crippen MR) is 116 cm³/mol. The Hall–Kier alpha value is -3.47. The number of ether oxygens (including phenoxy) is 2. The Balaban J connectivity index is 1.81. The van der Waals surface area contributed by atoms with Gasteiger partial charge in [-0.2, -0.15) is 0 Å². The zero-order valence-electron chi connectivity index (χ0n) is 17.0. The fourth-order valence-electron chi connectivity index (χ4n) is 3.17. The van der Waals surface area contributed by atoms with E-state index in [1.165, 1.54) is 0 Å². The highest BCUT2D eigenvalue weighted by Crippen LogP contribution is 2.27. The van der Waals surface area contributed by atoms with Crippen LogP contribution in [0, 0.1) is 0 Å². The van der Waals surface area contributed by atoms with Crippen molar-refractivity contribution in [2.75, 3.05) is 26.6 Å². The molecule has 0 saturated carbocycles. The molecule has 0 heterocycles. The molecule has 0 radical (unpaired) electrons. The summed E-state index contributed by atoms with van der Waals surface area (Å²) in [7, 11) is 5.08. The summed E-state index contributed by atoms with van der Waals surface area (Å²) in [6, 6.07) is 25.0. The number of amides is 2. The average Bonchev–Trinajstić information content (AvgIpc) is 2.78. The van der Waals surface area contributed by atoms with Crippen molar-refractivity contribution in [3.8, 4) is 11.5 Å². The summed E-state index contributed by atoms with van der Waals surface area (Å²) >= 11 is 0. The standard InChI is InChI=1S/C24H26N2O3/c1-26(24(27)25-20-11-15-22(29-3)16-12-20)23(17-18-7-5-4-6-8-18)19-9-13-21(28-2)14-10-19/h4-16,23H,17H2,1-3H3,(H,25,27)/t23-/m1/s1. The maximum Gasteiger partial charge on any atom is 0.322 e. The molecule has 0 aliphatic rings. The van der Waals surface area contributed by atoms with Gasteiger partial charge in [-0.3, -0.25) is 0 Å². The molecule has 0 saturated heterocycles. The fraction of sp³-hybridized carbons (Fsp3) is 0.208. The smallest absolute Gasteiger partial charge is 0.322 e. The lowest BCUT2D eigenvalue weighted by atomic mass is 9.97. The molecule has 0 spiro atoms. The number of hydrogen-bond acceptors (Lipinski definition) is 3. The van der Waals surface area contributed by atoms with E-state index >= 15 is 0 Å². The van der Waals surface area contributed by atoms with Gasteiger partial charge in [0.05, 0.1) is 20.3 Å². The van der Waals surface area contributed by atoms with Gasteiger partial charge in [-0.05, 0) is 53.9 Å². The van der Waals surface area contributed by atoms with Crippen molar-refractivity contribution in [1.82, 2.24) is 4.90 Å². The third-order valence-electron chi connectivity index (χ3n) is 4.90. The molecule has 0 aromatic heterocycles. The molecule has 0 aliphatic heterocycles. The minimum Gasteiger partial charge on any atom is -0.497 e. The summed E-state index contributed by atoms with van der Waals surface area (Å²) in [5.41, 5.74) is 2.93. The Labute approximate surface area is 171 Å². The number of likely N-dealkylation sites (N-methyl/N-ethyl adjacent to an activating group) is 1. The summed E-state index contributed by atoms with van der Waals surface area (Å²) in [4.78, 5) is 14.7. The maximum absolute atomic E-state index is 13.0. The monoisotopic (exact) mass is 390 g/mol. The molecule has 1 N–H and O–H groups in total. The number of benzene rings is 3. The zero-order valence-corrected chi connectivity index (χ0v) is 17.0. The van der Waals surface area contributed by atoms with Crippen molar-refractivity contribution in [3.05, 3.63) is 90.0 Å². The van der Waals surface area contributed by atoms with E-state index in [1.807, 2.05) is 73.8 Å². The van der Waals surface area contributed by atoms with E-state index in [4.69, 9.17) is 9.47 Å². The van der Waals surface area contributed by atoms with E-state index in [0.29, 0.717) is 6.42 Å². The number of hydrogen-bond donors (Lipinski definition) is 1. The number of methoxy groups -OCH3 is 2. The SMILES string of the molecule is COc1ccc(NC(=O)N(C)[C@H](Cc2ccccc2)c2ccc(OC)cc2)cc1. The molecule has 0 fully saturated rings. The highest BCUT2D eigenvalue weighted by atomic mass is 16.5. The maximum atomic E-state index is 13.0. The largest absolute Gasteiger partial charge is 0.497 e. The highest BCUT2D eigenvalue weighted by Gasteiger charge is 2.22. The predicted octanol–water partition coefficient (Wildman–Crippen LogP) is 5.15. The molecule has 3 aromatic carbocycles. The second-order valence-corrected chi connectivity index (χ2v) is 6.75. The molecule has 5 nitrogen and oxygen atoms in total. The number of nitrogens with one attached hydrogen (secondary N) is 1. The van der Waals surface area contributed by atoms with Crippen LogP contribution in [0.1, 0.15) is 17.2 Å². The van der Waals surface area contributed by atoms with Gasteiger partial charge in [0.2, 0.25) is 0 Å². The van der Waals surface area contributed by atoms with Gasteiger partial charge in [-0.25, -0.2) is 4.79 Å². The number of rotatable bonds is 7. The number of urea groups is 1. The van der Waals surface area contributed by atoms with Crippen LogP contribution in [0.5, 0.6) is 11.5 Å². The molecule has 0 bridgehead atoms. The molecular formula is C24H26N2O3. The van der Waals surface area contributed by atoms with Crippen molar-refractivity contribution in [3.63, 3.8) is 0 Å². The second kappa shape index (κ2) is 9.64. The van der Waals surface area contributed by atoms with E-state index in [-0.39, 0.29) is 12.1 Å². The van der Waals surface area contributed by atoms with Gasteiger partial charge >= 0.3 is 6.03 Å². The van der Waals surface area contributed by atoms with Gasteiger partial charge in [-0.1, -0.05) is 42.5 Å². The normalized spacial score (nSPS) is 11.4. The Morgan fingerprint density at radius 2 is 1.41 bits per heavy atom. The first-order chi connectivity index (χ1) is 14.1. The van der Waals surface area contributed by atoms with E-state index < -0.39 is 0 Å². The molecular weight excluding hydrogens is 364 g/mol. The minimum absolute atomic E-state index is 0.124. The van der Waals surface area contributed by atoms with Crippen molar-refractivity contribution >= 4 is 11.7 Å². The van der Waals surface area contributed by atoms with Crippen LogP contribution in [0.25, 0.3) is 0 Å². The third kappa shape index (κ3) is 5.29. The Morgan fingerprint density at radius 1 is 0.862 bits per heavy atom. The lowest BCUT2D eigenvalue weighted by Crippen LogP contribution is -2.36. The Bertz CT molecular complexity index is 909. The van der Waals surface area contributed by atoms with Crippen LogP contribution in [-0.4, -0.2) is 32.2 Å². The topological polar surface area (TPSA) is 50.8 Å². The van der Waals surface area contributed by atoms with Gasteiger partial charge in [0.15, 0.2) is 0 Å². The molecule has 150 valence electrons. The van der Waals surface area contributed by atoms with E-state index in [1.54, 1.807) is 19.1 Å². The van der Waals surface area contributed by atoms with Crippen LogP contribution in [0.4, 0.5) is 10.5 Å². The van der Waals surface area contributed by atoms with Gasteiger partial charge < -0.3 is 19.7 Å². The first-order valence-corrected chi connectivity index (χ1v) is 9.46. The van der Waals surface area contributed by atoms with Crippen LogP contribution in [-0.2, 0) is 6.42 Å². The van der Waals surface area contributed by atoms with E-state index in [9.17, 15) is 4.79 Å². The Morgan fingerprint density at radius 3 is 1.97 bits per heavy atom. The highest BCUT2D eigenvalue weighted by molar-refractivity contribution is 5.89. The first-order valence-electron chi connectivity index (χ1n) is 9.46. The van der Waals surface area contributed by atoms with E-state index in [2.05, 4.69) is 17.4 Å². The van der Waals surface area contributed by atoms with Gasteiger partial charge in [0.1, 0.15) is 11.5 Å². The van der Waals surface area contributed by atoms with Crippen LogP contribution in [0.3, 0.4) is 0 Å². The summed E-state index contributed by atoms with van der Waals surface area (Å²) in [5.74, 6) is 1.54. The molecule has 0 unspecified atom stereocenters. The number of carbonyl (C=O) groups is 1. The first kappa shape index (κ1) is 20.3. The van der Waals surface area contributed by atoms with Crippen LogP contribution in [0.2, 0.25) is 0 Å². The molecule has 5 heteroatoms. The Kier molecular flexibility index (Phi) is 6.74. The molecule has 3 rings (SSSR count). The number of nitrogens with zero attached hydrogens (tertiary/aromatic N) is 1. The fourth-order valence-corrected chi connectivity index (χ4v) is 3.17. The molecule has 2 amide bonds. The lowest BCUT2D eigenvalue weighted by Gasteiger charge is -2.29. The average molecular weight is 390 g/mol. The van der Waals surface area contributed by atoms with E-state index in [0.717, 1.165) is 28.3 Å².